The largest absolute Gasteiger partial charge is 0.336 e. The summed E-state index contributed by atoms with van der Waals surface area (Å²) in [6.07, 6.45) is 1.77. The molecule has 0 spiro atoms. The van der Waals surface area contributed by atoms with Gasteiger partial charge in [0.15, 0.2) is 0 Å². The zero-order chi connectivity index (χ0) is 20.0. The molecule has 1 heterocycles. The maximum Gasteiger partial charge on any atom is 0.317 e. The van der Waals surface area contributed by atoms with Gasteiger partial charge in [-0.3, -0.25) is 0 Å². The number of hydrogen-bond acceptors (Lipinski definition) is 3. The van der Waals surface area contributed by atoms with Crippen LogP contribution in [0.4, 0.5) is 4.79 Å². The minimum Gasteiger partial charge on any atom is -0.336 e. The number of hydrogen-bond donors (Lipinski definition) is 1. The van der Waals surface area contributed by atoms with Crippen molar-refractivity contribution in [3.63, 3.8) is 0 Å². The van der Waals surface area contributed by atoms with E-state index in [-0.39, 0.29) is 12.1 Å². The normalized spacial score (nSPS) is 16.5. The monoisotopic (exact) mass is 401 g/mol. The van der Waals surface area contributed by atoms with E-state index >= 15 is 0 Å². The smallest absolute Gasteiger partial charge is 0.317 e. The molecular weight excluding hydrogens is 374 g/mol. The van der Waals surface area contributed by atoms with Crippen LogP contribution in [-0.4, -0.2) is 55.9 Å². The van der Waals surface area contributed by atoms with E-state index in [9.17, 15) is 13.2 Å². The summed E-state index contributed by atoms with van der Waals surface area (Å²) in [5.41, 5.74) is 1.25. The van der Waals surface area contributed by atoms with Crippen LogP contribution in [0, 0.1) is 0 Å². The molecule has 2 aromatic carbocycles. The molecule has 1 atom stereocenters. The van der Waals surface area contributed by atoms with E-state index in [1.54, 1.807) is 35.2 Å². The van der Waals surface area contributed by atoms with Crippen molar-refractivity contribution in [3.8, 4) is 0 Å². The van der Waals surface area contributed by atoms with Crippen LogP contribution >= 0.6 is 0 Å². The number of rotatable bonds is 6. The minimum absolute atomic E-state index is 0.0544. The molecule has 1 saturated heterocycles. The first-order valence-electron chi connectivity index (χ1n) is 9.61. The van der Waals surface area contributed by atoms with Gasteiger partial charge < -0.3 is 10.2 Å². The molecule has 2 amide bonds. The van der Waals surface area contributed by atoms with Crippen molar-refractivity contribution in [2.75, 3.05) is 26.2 Å². The van der Waals surface area contributed by atoms with E-state index in [0.717, 1.165) is 12.8 Å². The van der Waals surface area contributed by atoms with Gasteiger partial charge >= 0.3 is 6.03 Å². The Hall–Kier alpha value is -2.38. The van der Waals surface area contributed by atoms with Crippen molar-refractivity contribution in [1.29, 1.82) is 0 Å². The van der Waals surface area contributed by atoms with Crippen molar-refractivity contribution >= 4 is 16.1 Å². The van der Waals surface area contributed by atoms with Crippen LogP contribution in [0.25, 0.3) is 0 Å². The van der Waals surface area contributed by atoms with Crippen LogP contribution in [0.5, 0.6) is 0 Å². The maximum atomic E-state index is 12.7. The van der Waals surface area contributed by atoms with Gasteiger partial charge in [0.25, 0.3) is 0 Å². The molecule has 28 heavy (non-hydrogen) atoms. The van der Waals surface area contributed by atoms with Gasteiger partial charge in [-0.2, -0.15) is 4.31 Å². The van der Waals surface area contributed by atoms with Gasteiger partial charge in [0, 0.05) is 32.2 Å². The lowest BCUT2D eigenvalue weighted by atomic mass is 10.1. The molecule has 1 aliphatic rings. The second-order valence-corrected chi connectivity index (χ2v) is 9.02. The summed E-state index contributed by atoms with van der Waals surface area (Å²) in [5, 5.41) is 3.02. The lowest BCUT2D eigenvalue weighted by Gasteiger charge is -2.34. The van der Waals surface area contributed by atoms with E-state index in [0.29, 0.717) is 31.1 Å². The quantitative estimate of drug-likeness (QED) is 0.809. The third-order valence-corrected chi connectivity index (χ3v) is 6.90. The molecule has 7 heteroatoms. The zero-order valence-corrected chi connectivity index (χ0v) is 16.9. The van der Waals surface area contributed by atoms with Gasteiger partial charge in [0.1, 0.15) is 0 Å². The van der Waals surface area contributed by atoms with Gasteiger partial charge in [0.05, 0.1) is 4.90 Å². The average Bonchev–Trinajstić information content (AvgIpc) is 2.73. The van der Waals surface area contributed by atoms with Crippen molar-refractivity contribution in [2.24, 2.45) is 0 Å². The first-order valence-corrected chi connectivity index (χ1v) is 11.1. The molecule has 0 aromatic heterocycles. The second kappa shape index (κ2) is 9.21. The predicted molar refractivity (Wildman–Crippen MR) is 110 cm³/mol. The fourth-order valence-corrected chi connectivity index (χ4v) is 4.72. The Balaban J connectivity index is 1.47. The average molecular weight is 402 g/mol. The molecule has 3 rings (SSSR count). The summed E-state index contributed by atoms with van der Waals surface area (Å²) in [6, 6.07) is 18.5. The molecule has 0 bridgehead atoms. The van der Waals surface area contributed by atoms with Gasteiger partial charge in [-0.15, -0.1) is 0 Å². The number of piperazine rings is 1. The summed E-state index contributed by atoms with van der Waals surface area (Å²) in [7, 11) is -3.50. The Labute approximate surface area is 167 Å². The van der Waals surface area contributed by atoms with Crippen LogP contribution in [0.15, 0.2) is 65.6 Å². The Bertz CT molecular complexity index is 864. The summed E-state index contributed by atoms with van der Waals surface area (Å²) in [6.45, 7) is 3.40. The number of carbonyl (C=O) groups is 1. The Morgan fingerprint density at radius 1 is 0.964 bits per heavy atom. The van der Waals surface area contributed by atoms with Crippen LogP contribution < -0.4 is 5.32 Å². The lowest BCUT2D eigenvalue weighted by Crippen LogP contribution is -2.54. The summed E-state index contributed by atoms with van der Waals surface area (Å²) in [5.74, 6) is 0. The lowest BCUT2D eigenvalue weighted by molar-refractivity contribution is 0.169. The van der Waals surface area contributed by atoms with Crippen LogP contribution in [0.1, 0.15) is 18.9 Å². The van der Waals surface area contributed by atoms with E-state index in [2.05, 4.69) is 17.4 Å². The molecule has 6 nitrogen and oxygen atoms in total. The molecule has 2 aromatic rings. The summed E-state index contributed by atoms with van der Waals surface area (Å²) in [4.78, 5) is 14.5. The minimum atomic E-state index is -3.50. The van der Waals surface area contributed by atoms with E-state index in [4.69, 9.17) is 0 Å². The molecule has 150 valence electrons. The van der Waals surface area contributed by atoms with Crippen LogP contribution in [0.3, 0.4) is 0 Å². The molecule has 0 saturated carbocycles. The first-order chi connectivity index (χ1) is 13.5. The molecule has 0 unspecified atom stereocenters. The van der Waals surface area contributed by atoms with Gasteiger partial charge in [0.2, 0.25) is 10.0 Å². The highest BCUT2D eigenvalue weighted by Crippen LogP contribution is 2.17. The Morgan fingerprint density at radius 3 is 2.14 bits per heavy atom. The highest BCUT2D eigenvalue weighted by molar-refractivity contribution is 7.89. The Morgan fingerprint density at radius 2 is 1.54 bits per heavy atom. The summed E-state index contributed by atoms with van der Waals surface area (Å²) < 4.78 is 26.8. The second-order valence-electron chi connectivity index (χ2n) is 7.08. The number of nitrogens with zero attached hydrogens (tertiary/aromatic N) is 2. The molecule has 0 aliphatic carbocycles. The fraction of sp³-hybridized carbons (Fsp3) is 0.381. The van der Waals surface area contributed by atoms with Crippen molar-refractivity contribution in [2.45, 2.75) is 30.7 Å². The van der Waals surface area contributed by atoms with Gasteiger partial charge in [-0.1, -0.05) is 48.5 Å². The molecule has 1 fully saturated rings. The molecule has 1 N–H and O–H groups in total. The zero-order valence-electron chi connectivity index (χ0n) is 16.1. The number of amides is 2. The maximum absolute atomic E-state index is 12.7. The third kappa shape index (κ3) is 5.11. The highest BCUT2D eigenvalue weighted by atomic mass is 32.2. The van der Waals surface area contributed by atoms with E-state index < -0.39 is 10.0 Å². The van der Waals surface area contributed by atoms with Crippen molar-refractivity contribution in [3.05, 3.63) is 66.2 Å². The molecule has 1 aliphatic heterocycles. The van der Waals surface area contributed by atoms with Crippen molar-refractivity contribution < 1.29 is 13.2 Å². The van der Waals surface area contributed by atoms with Gasteiger partial charge in [-0.25, -0.2) is 13.2 Å². The van der Waals surface area contributed by atoms with Crippen LogP contribution in [0.2, 0.25) is 0 Å². The van der Waals surface area contributed by atoms with Crippen molar-refractivity contribution in [1.82, 2.24) is 14.5 Å². The SMILES string of the molecule is C[C@H](CCc1ccccc1)NC(=O)N1CCN(S(=O)(=O)c2ccccc2)CC1. The number of nitrogens with one attached hydrogen (secondary N) is 1. The van der Waals surface area contributed by atoms with E-state index in [1.807, 2.05) is 25.1 Å². The summed E-state index contributed by atoms with van der Waals surface area (Å²) >= 11 is 0. The fourth-order valence-electron chi connectivity index (χ4n) is 3.28. The highest BCUT2D eigenvalue weighted by Gasteiger charge is 2.30. The first kappa shape index (κ1) is 20.4. The predicted octanol–water partition coefficient (Wildman–Crippen LogP) is 2.72. The molecular formula is C21H27N3O3S. The van der Waals surface area contributed by atoms with Gasteiger partial charge in [-0.05, 0) is 37.5 Å². The number of carbonyl (C=O) groups excluding carboxylic acids is 1. The standard InChI is InChI=1S/C21H27N3O3S/c1-18(12-13-19-8-4-2-5-9-19)22-21(25)23-14-16-24(17-15-23)28(26,27)20-10-6-3-7-11-20/h2-11,18H,12-17H2,1H3,(H,22,25)/t18-/m1/s1. The van der Waals surface area contributed by atoms with Crippen LogP contribution in [-0.2, 0) is 16.4 Å². The third-order valence-electron chi connectivity index (χ3n) is 4.99. The number of benzene rings is 2. The number of aryl methyl sites for hydroxylation is 1. The topological polar surface area (TPSA) is 69.7 Å². The van der Waals surface area contributed by atoms with E-state index in [1.165, 1.54) is 9.87 Å². The Kier molecular flexibility index (Phi) is 6.70. The number of urea groups is 1. The molecule has 0 radical (unpaired) electrons. The number of sulfonamides is 1.